The summed E-state index contributed by atoms with van der Waals surface area (Å²) < 4.78 is 11.3. The molecule has 0 aliphatic heterocycles. The number of ether oxygens (including phenoxy) is 1. The average molecular weight is 373 g/mol. The van der Waals surface area contributed by atoms with Gasteiger partial charge in [0.2, 0.25) is 0 Å². The highest BCUT2D eigenvalue weighted by molar-refractivity contribution is 7.14. The van der Waals surface area contributed by atoms with Gasteiger partial charge in [-0.3, -0.25) is 4.79 Å². The van der Waals surface area contributed by atoms with E-state index in [4.69, 9.17) is 20.8 Å². The zero-order valence-electron chi connectivity index (χ0n) is 13.7. The first kappa shape index (κ1) is 17.5. The van der Waals surface area contributed by atoms with Gasteiger partial charge in [-0.2, -0.15) is 0 Å². The Kier molecular flexibility index (Phi) is 5.74. The second-order valence-corrected chi connectivity index (χ2v) is 6.97. The van der Waals surface area contributed by atoms with Crippen molar-refractivity contribution < 1.29 is 13.9 Å². The number of rotatable bonds is 7. The highest BCUT2D eigenvalue weighted by Crippen LogP contribution is 2.20. The largest absolute Gasteiger partial charge is 0.486 e. The molecule has 0 saturated carbocycles. The molecule has 0 aliphatic carbocycles. The Bertz CT molecular complexity index is 892. The summed E-state index contributed by atoms with van der Waals surface area (Å²) in [6.07, 6.45) is 4.15. The first-order chi connectivity index (χ1) is 12.1. The molecule has 3 rings (SSSR count). The van der Waals surface area contributed by atoms with Crippen LogP contribution in [0.15, 0.2) is 59.0 Å². The zero-order valence-corrected chi connectivity index (χ0v) is 15.3. The Morgan fingerprint density at radius 1 is 1.24 bits per heavy atom. The van der Waals surface area contributed by atoms with Crippen LogP contribution in [0.2, 0.25) is 5.02 Å². The number of thiophene rings is 1. The van der Waals surface area contributed by atoms with Gasteiger partial charge in [0, 0.05) is 9.90 Å². The van der Waals surface area contributed by atoms with Crippen LogP contribution in [0.5, 0.6) is 5.75 Å². The van der Waals surface area contributed by atoms with Gasteiger partial charge in [0.05, 0.1) is 4.88 Å². The molecule has 128 valence electrons. The van der Waals surface area contributed by atoms with Crippen LogP contribution >= 0.6 is 22.9 Å². The van der Waals surface area contributed by atoms with Crippen LogP contribution in [0.3, 0.4) is 0 Å². The summed E-state index contributed by atoms with van der Waals surface area (Å²) in [4.78, 5) is 14.1. The van der Waals surface area contributed by atoms with Gasteiger partial charge in [-0.25, -0.2) is 0 Å². The van der Waals surface area contributed by atoms with Gasteiger partial charge >= 0.3 is 0 Å². The van der Waals surface area contributed by atoms with Crippen molar-refractivity contribution in [3.8, 4) is 5.75 Å². The van der Waals surface area contributed by atoms with Gasteiger partial charge in [-0.1, -0.05) is 24.6 Å². The van der Waals surface area contributed by atoms with Crippen LogP contribution < -0.4 is 4.74 Å². The van der Waals surface area contributed by atoms with Crippen LogP contribution in [-0.2, 0) is 13.0 Å². The number of hydrogen-bond donors (Lipinski definition) is 0. The van der Waals surface area contributed by atoms with Gasteiger partial charge in [0.25, 0.3) is 0 Å². The number of allylic oxidation sites excluding steroid dienone is 1. The third-order valence-corrected chi connectivity index (χ3v) is 4.99. The molecule has 0 bridgehead atoms. The quantitative estimate of drug-likeness (QED) is 0.375. The van der Waals surface area contributed by atoms with Crippen LogP contribution in [0.25, 0.3) is 6.08 Å². The minimum absolute atomic E-state index is 0.0159. The minimum Gasteiger partial charge on any atom is -0.486 e. The fourth-order valence-electron chi connectivity index (χ4n) is 2.21. The van der Waals surface area contributed by atoms with E-state index >= 15 is 0 Å². The fraction of sp³-hybridized carbons (Fsp3) is 0.150. The number of furan rings is 1. The standard InChI is InChI=1S/C20H17ClO3S/c1-2-18-9-11-20(25-18)19(22)10-8-15-6-7-17(24-15)13-23-16-5-3-4-14(21)12-16/h3-12H,2,13H2,1H3/b10-8+. The molecule has 0 spiro atoms. The number of aryl methyl sites for hydroxylation is 1. The van der Waals surface area contributed by atoms with E-state index in [1.54, 1.807) is 18.2 Å². The molecule has 2 heterocycles. The number of carbonyl (C=O) groups is 1. The number of hydrogen-bond acceptors (Lipinski definition) is 4. The lowest BCUT2D eigenvalue weighted by molar-refractivity contribution is 0.105. The SMILES string of the molecule is CCc1ccc(C(=O)/C=C/c2ccc(COc3cccc(Cl)c3)o2)s1. The van der Waals surface area contributed by atoms with E-state index in [0.29, 0.717) is 28.9 Å². The van der Waals surface area contributed by atoms with Crippen molar-refractivity contribution in [3.05, 3.63) is 80.9 Å². The summed E-state index contributed by atoms with van der Waals surface area (Å²) in [5, 5.41) is 0.624. The molecule has 1 aromatic carbocycles. The monoisotopic (exact) mass is 372 g/mol. The zero-order chi connectivity index (χ0) is 17.6. The van der Waals surface area contributed by atoms with Crippen LogP contribution in [0, 0.1) is 0 Å². The number of ketones is 1. The van der Waals surface area contributed by atoms with Crippen molar-refractivity contribution >= 4 is 34.8 Å². The smallest absolute Gasteiger partial charge is 0.195 e. The van der Waals surface area contributed by atoms with Crippen LogP contribution in [0.4, 0.5) is 0 Å². The highest BCUT2D eigenvalue weighted by Gasteiger charge is 2.06. The van der Waals surface area contributed by atoms with Crippen molar-refractivity contribution in [2.45, 2.75) is 20.0 Å². The second-order valence-electron chi connectivity index (χ2n) is 5.37. The molecule has 0 aliphatic rings. The molecule has 5 heteroatoms. The first-order valence-electron chi connectivity index (χ1n) is 7.92. The summed E-state index contributed by atoms with van der Waals surface area (Å²) in [6.45, 7) is 2.37. The Hall–Kier alpha value is -2.30. The van der Waals surface area contributed by atoms with Gasteiger partial charge in [0.1, 0.15) is 23.9 Å². The van der Waals surface area contributed by atoms with Crippen molar-refractivity contribution in [2.24, 2.45) is 0 Å². The van der Waals surface area contributed by atoms with E-state index in [-0.39, 0.29) is 5.78 Å². The topological polar surface area (TPSA) is 39.4 Å². The lowest BCUT2D eigenvalue weighted by Gasteiger charge is -2.03. The summed E-state index contributed by atoms with van der Waals surface area (Å²) in [6, 6.07) is 14.7. The molecule has 0 N–H and O–H groups in total. The van der Waals surface area contributed by atoms with E-state index in [0.717, 1.165) is 11.3 Å². The van der Waals surface area contributed by atoms with Crippen LogP contribution in [0.1, 0.15) is 33.0 Å². The van der Waals surface area contributed by atoms with E-state index in [2.05, 4.69) is 6.92 Å². The molecule has 3 nitrogen and oxygen atoms in total. The third kappa shape index (κ3) is 4.84. The fourth-order valence-corrected chi connectivity index (χ4v) is 3.26. The molecular formula is C20H17ClO3S. The second kappa shape index (κ2) is 8.19. The first-order valence-corrected chi connectivity index (χ1v) is 9.11. The Morgan fingerprint density at radius 3 is 2.88 bits per heavy atom. The lowest BCUT2D eigenvalue weighted by Crippen LogP contribution is -1.93. The Labute approximate surface area is 155 Å². The molecule has 0 unspecified atom stereocenters. The lowest BCUT2D eigenvalue weighted by atomic mass is 10.2. The van der Waals surface area contributed by atoms with Gasteiger partial charge in [0.15, 0.2) is 5.78 Å². The molecular weight excluding hydrogens is 356 g/mol. The highest BCUT2D eigenvalue weighted by atomic mass is 35.5. The molecule has 3 aromatic rings. The molecule has 0 radical (unpaired) electrons. The summed E-state index contributed by atoms with van der Waals surface area (Å²) >= 11 is 7.45. The minimum atomic E-state index is -0.0159. The van der Waals surface area contributed by atoms with E-state index < -0.39 is 0 Å². The molecule has 0 saturated heterocycles. The van der Waals surface area contributed by atoms with Gasteiger partial charge in [-0.15, -0.1) is 11.3 Å². The molecule has 0 atom stereocenters. The summed E-state index contributed by atoms with van der Waals surface area (Å²) in [5.74, 6) is 1.96. The molecule has 25 heavy (non-hydrogen) atoms. The van der Waals surface area contributed by atoms with E-state index in [1.807, 2.05) is 36.4 Å². The predicted octanol–water partition coefficient (Wildman–Crippen LogP) is 6.03. The third-order valence-electron chi connectivity index (χ3n) is 3.51. The van der Waals surface area contributed by atoms with E-state index in [1.165, 1.54) is 22.3 Å². The van der Waals surface area contributed by atoms with Crippen LogP contribution in [-0.4, -0.2) is 5.78 Å². The maximum absolute atomic E-state index is 12.1. The maximum Gasteiger partial charge on any atom is 0.195 e. The van der Waals surface area contributed by atoms with Crippen molar-refractivity contribution in [1.82, 2.24) is 0 Å². The van der Waals surface area contributed by atoms with Crippen molar-refractivity contribution in [3.63, 3.8) is 0 Å². The van der Waals surface area contributed by atoms with Crippen molar-refractivity contribution in [2.75, 3.05) is 0 Å². The number of carbonyl (C=O) groups excluding carboxylic acids is 1. The molecule has 0 amide bonds. The normalized spacial score (nSPS) is 11.1. The maximum atomic E-state index is 12.1. The van der Waals surface area contributed by atoms with E-state index in [9.17, 15) is 4.79 Å². The molecule has 0 fully saturated rings. The summed E-state index contributed by atoms with van der Waals surface area (Å²) in [5.41, 5.74) is 0. The van der Waals surface area contributed by atoms with Gasteiger partial charge in [-0.05, 0) is 61.0 Å². The van der Waals surface area contributed by atoms with Gasteiger partial charge < -0.3 is 9.15 Å². The number of benzene rings is 1. The van der Waals surface area contributed by atoms with Crippen molar-refractivity contribution in [1.29, 1.82) is 0 Å². The summed E-state index contributed by atoms with van der Waals surface area (Å²) in [7, 11) is 0. The predicted molar refractivity (Wildman–Crippen MR) is 102 cm³/mol. The number of halogens is 1. The Balaban J connectivity index is 1.58. The average Bonchev–Trinajstić information content (AvgIpc) is 3.27. The molecule has 2 aromatic heterocycles. The Morgan fingerprint density at radius 2 is 2.12 bits per heavy atom.